The third-order valence-electron chi connectivity index (χ3n) is 4.54. The summed E-state index contributed by atoms with van der Waals surface area (Å²) >= 11 is 0. The second-order valence-electron chi connectivity index (χ2n) is 6.04. The van der Waals surface area contributed by atoms with Crippen LogP contribution in [0.5, 0.6) is 28.7 Å². The number of hydrogen-bond acceptors (Lipinski definition) is 6. The van der Waals surface area contributed by atoms with Gasteiger partial charge in [0.2, 0.25) is 5.75 Å². The van der Waals surface area contributed by atoms with E-state index in [0.29, 0.717) is 39.9 Å². The molecule has 7 nitrogen and oxygen atoms in total. The van der Waals surface area contributed by atoms with Gasteiger partial charge >= 0.3 is 0 Å². The highest BCUT2D eigenvalue weighted by atomic mass is 16.5. The van der Waals surface area contributed by atoms with E-state index in [1.165, 1.54) is 7.11 Å². The van der Waals surface area contributed by atoms with Gasteiger partial charge in [-0.05, 0) is 30.3 Å². The Kier molecular flexibility index (Phi) is 5.63. The second kappa shape index (κ2) is 8.12. The second-order valence-corrected chi connectivity index (χ2v) is 6.04. The van der Waals surface area contributed by atoms with Gasteiger partial charge in [0.15, 0.2) is 17.6 Å². The number of rotatable bonds is 6. The molecule has 1 unspecified atom stereocenters. The van der Waals surface area contributed by atoms with Crippen LogP contribution in [0.3, 0.4) is 0 Å². The summed E-state index contributed by atoms with van der Waals surface area (Å²) in [7, 11) is 7.79. The minimum atomic E-state index is -0.659. The van der Waals surface area contributed by atoms with Crippen molar-refractivity contribution in [3.05, 3.63) is 47.0 Å². The van der Waals surface area contributed by atoms with Crippen molar-refractivity contribution in [3.8, 4) is 28.7 Å². The van der Waals surface area contributed by atoms with Gasteiger partial charge in [-0.1, -0.05) is 0 Å². The minimum absolute atomic E-state index is 0.236. The van der Waals surface area contributed by atoms with E-state index < -0.39 is 6.10 Å². The number of amides is 1. The fraction of sp³-hybridized carbons (Fsp3) is 0.286. The fourth-order valence-electron chi connectivity index (χ4n) is 3.13. The molecule has 0 fully saturated rings. The van der Waals surface area contributed by atoms with Crippen LogP contribution in [0.1, 0.15) is 17.2 Å². The SMILES string of the molecule is CNC(=O)C1=Cc2ccc(OC)cc2OC1c1cc(OC)c(OC)c(OC)c1. The quantitative estimate of drug-likeness (QED) is 0.824. The molecule has 7 heteroatoms. The van der Waals surface area contributed by atoms with Crippen molar-refractivity contribution < 1.29 is 28.5 Å². The standard InChI is InChI=1S/C21H23NO6/c1-22-21(23)15-8-12-6-7-14(24-2)11-16(12)28-19(15)13-9-17(25-3)20(27-5)18(10-13)26-4/h6-11,19H,1-5H3,(H,22,23). The van der Waals surface area contributed by atoms with Crippen LogP contribution in [0.15, 0.2) is 35.9 Å². The molecule has 28 heavy (non-hydrogen) atoms. The van der Waals surface area contributed by atoms with Crippen molar-refractivity contribution in [1.29, 1.82) is 0 Å². The fourth-order valence-corrected chi connectivity index (χ4v) is 3.13. The van der Waals surface area contributed by atoms with Crippen molar-refractivity contribution >= 4 is 12.0 Å². The molecular weight excluding hydrogens is 362 g/mol. The van der Waals surface area contributed by atoms with Crippen LogP contribution < -0.4 is 29.0 Å². The lowest BCUT2D eigenvalue weighted by molar-refractivity contribution is -0.117. The number of hydrogen-bond donors (Lipinski definition) is 1. The summed E-state index contributed by atoms with van der Waals surface area (Å²) in [5, 5.41) is 2.67. The molecule has 0 aromatic heterocycles. The molecule has 1 aliphatic rings. The van der Waals surface area contributed by atoms with E-state index in [1.54, 1.807) is 46.6 Å². The summed E-state index contributed by atoms with van der Waals surface area (Å²) in [5.74, 6) is 2.48. The number of ether oxygens (including phenoxy) is 5. The Balaban J connectivity index is 2.15. The van der Waals surface area contributed by atoms with Crippen LogP contribution in [-0.2, 0) is 4.79 Å². The van der Waals surface area contributed by atoms with Gasteiger partial charge in [-0.2, -0.15) is 0 Å². The Morgan fingerprint density at radius 3 is 2.18 bits per heavy atom. The first-order valence-electron chi connectivity index (χ1n) is 8.64. The Morgan fingerprint density at radius 1 is 0.964 bits per heavy atom. The topological polar surface area (TPSA) is 75.3 Å². The van der Waals surface area contributed by atoms with Crippen LogP contribution in [0.4, 0.5) is 0 Å². The number of fused-ring (bicyclic) bond motifs is 1. The zero-order valence-corrected chi connectivity index (χ0v) is 16.5. The molecule has 2 aromatic carbocycles. The maximum absolute atomic E-state index is 12.5. The van der Waals surface area contributed by atoms with Crippen LogP contribution in [0.2, 0.25) is 0 Å². The first-order chi connectivity index (χ1) is 13.6. The summed E-state index contributed by atoms with van der Waals surface area (Å²) in [5.41, 5.74) is 1.95. The average Bonchev–Trinajstić information content (AvgIpc) is 2.75. The number of likely N-dealkylation sites (N-methyl/N-ethyl adjacent to an activating group) is 1. The highest BCUT2D eigenvalue weighted by molar-refractivity contribution is 6.00. The van der Waals surface area contributed by atoms with Crippen molar-refractivity contribution in [2.45, 2.75) is 6.10 Å². The molecule has 1 heterocycles. The summed E-state index contributed by atoms with van der Waals surface area (Å²) < 4.78 is 27.7. The van der Waals surface area contributed by atoms with E-state index >= 15 is 0 Å². The van der Waals surface area contributed by atoms with Gasteiger partial charge in [-0.15, -0.1) is 0 Å². The van der Waals surface area contributed by atoms with Crippen molar-refractivity contribution in [2.24, 2.45) is 0 Å². The molecule has 0 saturated heterocycles. The lowest BCUT2D eigenvalue weighted by Crippen LogP contribution is -2.28. The Hall–Kier alpha value is -3.35. The normalized spacial score (nSPS) is 14.9. The zero-order valence-electron chi connectivity index (χ0n) is 16.5. The van der Waals surface area contributed by atoms with Crippen LogP contribution in [0.25, 0.3) is 6.08 Å². The van der Waals surface area contributed by atoms with Crippen molar-refractivity contribution in [3.63, 3.8) is 0 Å². The van der Waals surface area contributed by atoms with Gasteiger partial charge in [0, 0.05) is 24.2 Å². The van der Waals surface area contributed by atoms with Gasteiger partial charge in [-0.25, -0.2) is 0 Å². The van der Waals surface area contributed by atoms with E-state index in [2.05, 4.69) is 5.32 Å². The number of carbonyl (C=O) groups excluding carboxylic acids is 1. The van der Waals surface area contributed by atoms with Gasteiger partial charge < -0.3 is 29.0 Å². The van der Waals surface area contributed by atoms with E-state index in [9.17, 15) is 4.79 Å². The third kappa shape index (κ3) is 3.43. The van der Waals surface area contributed by atoms with Gasteiger partial charge in [0.1, 0.15) is 11.5 Å². The lowest BCUT2D eigenvalue weighted by Gasteiger charge is -2.28. The maximum atomic E-state index is 12.5. The van der Waals surface area contributed by atoms with Gasteiger partial charge in [0.05, 0.1) is 34.0 Å². The van der Waals surface area contributed by atoms with Crippen LogP contribution >= 0.6 is 0 Å². The highest BCUT2D eigenvalue weighted by Crippen LogP contribution is 2.44. The van der Waals surface area contributed by atoms with Crippen LogP contribution in [-0.4, -0.2) is 41.4 Å². The largest absolute Gasteiger partial charge is 0.497 e. The maximum Gasteiger partial charge on any atom is 0.251 e. The van der Waals surface area contributed by atoms with Gasteiger partial charge in [-0.3, -0.25) is 4.79 Å². The summed E-state index contributed by atoms with van der Waals surface area (Å²) in [6, 6.07) is 9.00. The zero-order chi connectivity index (χ0) is 20.3. The molecule has 1 atom stereocenters. The molecule has 1 N–H and O–H groups in total. The molecule has 0 saturated carbocycles. The predicted molar refractivity (Wildman–Crippen MR) is 105 cm³/mol. The van der Waals surface area contributed by atoms with Crippen LogP contribution in [0, 0.1) is 0 Å². The van der Waals surface area contributed by atoms with E-state index in [1.807, 2.05) is 18.2 Å². The third-order valence-corrected chi connectivity index (χ3v) is 4.54. The average molecular weight is 385 g/mol. The first kappa shape index (κ1) is 19.4. The number of carbonyl (C=O) groups is 1. The van der Waals surface area contributed by atoms with E-state index in [-0.39, 0.29) is 5.91 Å². The van der Waals surface area contributed by atoms with Gasteiger partial charge in [0.25, 0.3) is 5.91 Å². The van der Waals surface area contributed by atoms with Crippen molar-refractivity contribution in [1.82, 2.24) is 5.32 Å². The monoisotopic (exact) mass is 385 g/mol. The summed E-state index contributed by atoms with van der Waals surface area (Å²) in [4.78, 5) is 12.5. The Labute approximate surface area is 163 Å². The molecule has 0 aliphatic carbocycles. The lowest BCUT2D eigenvalue weighted by atomic mass is 9.94. The number of methoxy groups -OCH3 is 4. The van der Waals surface area contributed by atoms with E-state index in [4.69, 9.17) is 23.7 Å². The molecule has 0 bridgehead atoms. The molecular formula is C21H23NO6. The minimum Gasteiger partial charge on any atom is -0.497 e. The molecule has 0 radical (unpaired) electrons. The highest BCUT2D eigenvalue weighted by Gasteiger charge is 2.31. The first-order valence-corrected chi connectivity index (χ1v) is 8.64. The number of benzene rings is 2. The van der Waals surface area contributed by atoms with Crippen molar-refractivity contribution in [2.75, 3.05) is 35.5 Å². The molecule has 3 rings (SSSR count). The Bertz CT molecular complexity index is 896. The summed E-state index contributed by atoms with van der Waals surface area (Å²) in [6.45, 7) is 0. The molecule has 1 amide bonds. The van der Waals surface area contributed by atoms with E-state index in [0.717, 1.165) is 5.56 Å². The summed E-state index contributed by atoms with van der Waals surface area (Å²) in [6.07, 6.45) is 1.15. The predicted octanol–water partition coefficient (Wildman–Crippen LogP) is 2.98. The number of nitrogens with one attached hydrogen (secondary N) is 1. The molecule has 1 aliphatic heterocycles. The smallest absolute Gasteiger partial charge is 0.251 e. The molecule has 0 spiro atoms. The Morgan fingerprint density at radius 2 is 1.64 bits per heavy atom. The molecule has 2 aromatic rings. The molecule has 148 valence electrons.